The van der Waals surface area contributed by atoms with Crippen molar-refractivity contribution in [2.75, 3.05) is 26.2 Å². The van der Waals surface area contributed by atoms with Crippen LogP contribution in [0.25, 0.3) is 0 Å². The SMILES string of the molecule is Cc1ccc(C(=O)N2CCN(C(=O)CCC(C)N)CC2)cc1. The lowest BCUT2D eigenvalue weighted by Crippen LogP contribution is -2.50. The number of hydrogen-bond donors (Lipinski definition) is 1. The van der Waals surface area contributed by atoms with E-state index in [-0.39, 0.29) is 17.9 Å². The summed E-state index contributed by atoms with van der Waals surface area (Å²) in [5.74, 6) is 0.183. The van der Waals surface area contributed by atoms with Gasteiger partial charge in [-0.2, -0.15) is 0 Å². The van der Waals surface area contributed by atoms with Crippen LogP contribution < -0.4 is 5.73 Å². The highest BCUT2D eigenvalue weighted by Gasteiger charge is 2.24. The van der Waals surface area contributed by atoms with Gasteiger partial charge >= 0.3 is 0 Å². The molecule has 0 saturated carbocycles. The molecular weight excluding hydrogens is 278 g/mol. The van der Waals surface area contributed by atoms with Crippen LogP contribution in [0.5, 0.6) is 0 Å². The summed E-state index contributed by atoms with van der Waals surface area (Å²) >= 11 is 0. The monoisotopic (exact) mass is 303 g/mol. The number of carbonyl (C=O) groups is 2. The number of piperazine rings is 1. The van der Waals surface area contributed by atoms with E-state index in [1.165, 1.54) is 0 Å². The Kier molecular flexibility index (Phi) is 5.55. The van der Waals surface area contributed by atoms with Gasteiger partial charge in [0, 0.05) is 44.2 Å². The van der Waals surface area contributed by atoms with E-state index < -0.39 is 0 Å². The van der Waals surface area contributed by atoms with Gasteiger partial charge in [-0.05, 0) is 32.4 Å². The van der Waals surface area contributed by atoms with Crippen LogP contribution in [-0.4, -0.2) is 53.8 Å². The minimum Gasteiger partial charge on any atom is -0.339 e. The van der Waals surface area contributed by atoms with Gasteiger partial charge in [0.05, 0.1) is 0 Å². The average molecular weight is 303 g/mol. The van der Waals surface area contributed by atoms with E-state index >= 15 is 0 Å². The first-order valence-corrected chi connectivity index (χ1v) is 7.86. The van der Waals surface area contributed by atoms with Crippen LogP contribution in [0.1, 0.15) is 35.7 Å². The maximum Gasteiger partial charge on any atom is 0.253 e. The molecule has 1 aromatic rings. The van der Waals surface area contributed by atoms with E-state index in [9.17, 15) is 9.59 Å². The summed E-state index contributed by atoms with van der Waals surface area (Å²) in [6.45, 7) is 6.31. The van der Waals surface area contributed by atoms with Crippen LogP contribution in [0.2, 0.25) is 0 Å². The lowest BCUT2D eigenvalue weighted by atomic mass is 10.1. The lowest BCUT2D eigenvalue weighted by molar-refractivity contribution is -0.132. The fourth-order valence-corrected chi connectivity index (χ4v) is 2.55. The van der Waals surface area contributed by atoms with Gasteiger partial charge in [-0.3, -0.25) is 9.59 Å². The van der Waals surface area contributed by atoms with Crippen molar-refractivity contribution < 1.29 is 9.59 Å². The molecular formula is C17H25N3O2. The van der Waals surface area contributed by atoms with E-state index in [0.717, 1.165) is 5.56 Å². The second kappa shape index (κ2) is 7.40. The third kappa shape index (κ3) is 4.31. The molecule has 1 fully saturated rings. The number of benzene rings is 1. The van der Waals surface area contributed by atoms with Crippen LogP contribution in [0.3, 0.4) is 0 Å². The molecule has 5 nitrogen and oxygen atoms in total. The second-order valence-electron chi connectivity index (χ2n) is 6.05. The zero-order chi connectivity index (χ0) is 16.1. The van der Waals surface area contributed by atoms with Crippen LogP contribution in [0, 0.1) is 6.92 Å². The zero-order valence-electron chi connectivity index (χ0n) is 13.4. The summed E-state index contributed by atoms with van der Waals surface area (Å²) in [4.78, 5) is 28.1. The molecule has 0 radical (unpaired) electrons. The Labute approximate surface area is 132 Å². The Morgan fingerprint density at radius 3 is 2.18 bits per heavy atom. The standard InChI is InChI=1S/C17H25N3O2/c1-13-3-6-15(7-4-13)17(22)20-11-9-19(10-12-20)16(21)8-5-14(2)18/h3-4,6-7,14H,5,8-12,18H2,1-2H3. The molecule has 1 aromatic carbocycles. The molecule has 0 aliphatic carbocycles. The minimum atomic E-state index is 0.0441. The van der Waals surface area contributed by atoms with Gasteiger partial charge in [-0.25, -0.2) is 0 Å². The third-order valence-electron chi connectivity index (χ3n) is 4.03. The number of rotatable bonds is 4. The highest BCUT2D eigenvalue weighted by atomic mass is 16.2. The minimum absolute atomic E-state index is 0.0441. The fraction of sp³-hybridized carbons (Fsp3) is 0.529. The predicted molar refractivity (Wildman–Crippen MR) is 86.5 cm³/mol. The predicted octanol–water partition coefficient (Wildman–Crippen LogP) is 1.41. The number of aryl methyl sites for hydroxylation is 1. The van der Waals surface area contributed by atoms with E-state index in [2.05, 4.69) is 0 Å². The molecule has 0 aromatic heterocycles. The summed E-state index contributed by atoms with van der Waals surface area (Å²) in [6, 6.07) is 7.66. The van der Waals surface area contributed by atoms with Gasteiger partial charge < -0.3 is 15.5 Å². The second-order valence-corrected chi connectivity index (χ2v) is 6.05. The Bertz CT molecular complexity index is 517. The van der Waals surface area contributed by atoms with Crippen molar-refractivity contribution in [3.63, 3.8) is 0 Å². The summed E-state index contributed by atoms with van der Waals surface area (Å²) in [5, 5.41) is 0. The summed E-state index contributed by atoms with van der Waals surface area (Å²) in [6.07, 6.45) is 1.20. The quantitative estimate of drug-likeness (QED) is 0.914. The smallest absolute Gasteiger partial charge is 0.253 e. The lowest BCUT2D eigenvalue weighted by Gasteiger charge is -2.35. The number of carbonyl (C=O) groups excluding carboxylic acids is 2. The molecule has 5 heteroatoms. The molecule has 0 bridgehead atoms. The molecule has 22 heavy (non-hydrogen) atoms. The fourth-order valence-electron chi connectivity index (χ4n) is 2.55. The van der Waals surface area contributed by atoms with Crippen LogP contribution >= 0.6 is 0 Å². The largest absolute Gasteiger partial charge is 0.339 e. The van der Waals surface area contributed by atoms with Crippen molar-refractivity contribution >= 4 is 11.8 Å². The van der Waals surface area contributed by atoms with Crippen molar-refractivity contribution in [1.29, 1.82) is 0 Å². The highest BCUT2D eigenvalue weighted by molar-refractivity contribution is 5.94. The number of amides is 2. The molecule has 0 spiro atoms. The van der Waals surface area contributed by atoms with Crippen LogP contribution in [0.15, 0.2) is 24.3 Å². The van der Waals surface area contributed by atoms with Crippen LogP contribution in [0.4, 0.5) is 0 Å². The third-order valence-corrected chi connectivity index (χ3v) is 4.03. The summed E-state index contributed by atoms with van der Waals surface area (Å²) in [7, 11) is 0. The first kappa shape index (κ1) is 16.5. The van der Waals surface area contributed by atoms with Gasteiger partial charge in [0.25, 0.3) is 5.91 Å². The van der Waals surface area contributed by atoms with E-state index in [4.69, 9.17) is 5.73 Å². The van der Waals surface area contributed by atoms with E-state index in [1.54, 1.807) is 0 Å². The first-order chi connectivity index (χ1) is 10.5. The van der Waals surface area contributed by atoms with E-state index in [1.807, 2.05) is 47.9 Å². The van der Waals surface area contributed by atoms with Gasteiger partial charge in [0.15, 0.2) is 0 Å². The molecule has 1 atom stereocenters. The normalized spacial score (nSPS) is 16.5. The Balaban J connectivity index is 1.85. The van der Waals surface area contributed by atoms with E-state index in [0.29, 0.717) is 44.6 Å². The molecule has 1 saturated heterocycles. The number of hydrogen-bond acceptors (Lipinski definition) is 3. The molecule has 2 amide bonds. The summed E-state index contributed by atoms with van der Waals surface area (Å²) in [5.41, 5.74) is 7.53. The molecule has 1 unspecified atom stereocenters. The maximum atomic E-state index is 12.4. The Hall–Kier alpha value is -1.88. The van der Waals surface area contributed by atoms with Crippen molar-refractivity contribution in [3.8, 4) is 0 Å². The van der Waals surface area contributed by atoms with Gasteiger partial charge in [0.2, 0.25) is 5.91 Å². The van der Waals surface area contributed by atoms with Crippen LogP contribution in [-0.2, 0) is 4.79 Å². The van der Waals surface area contributed by atoms with Crippen molar-refractivity contribution in [1.82, 2.24) is 9.80 Å². The number of nitrogens with two attached hydrogens (primary N) is 1. The Morgan fingerprint density at radius 2 is 1.64 bits per heavy atom. The molecule has 120 valence electrons. The average Bonchev–Trinajstić information content (AvgIpc) is 2.53. The van der Waals surface area contributed by atoms with Gasteiger partial charge in [-0.15, -0.1) is 0 Å². The molecule has 1 heterocycles. The number of nitrogens with zero attached hydrogens (tertiary/aromatic N) is 2. The van der Waals surface area contributed by atoms with Crippen molar-refractivity contribution in [3.05, 3.63) is 35.4 Å². The maximum absolute atomic E-state index is 12.4. The van der Waals surface area contributed by atoms with Crippen molar-refractivity contribution in [2.45, 2.75) is 32.7 Å². The van der Waals surface area contributed by atoms with Gasteiger partial charge in [0.1, 0.15) is 0 Å². The summed E-state index contributed by atoms with van der Waals surface area (Å²) < 4.78 is 0. The molecule has 2 N–H and O–H groups in total. The molecule has 2 rings (SSSR count). The molecule has 1 aliphatic rings. The molecule has 1 aliphatic heterocycles. The topological polar surface area (TPSA) is 66.6 Å². The zero-order valence-corrected chi connectivity index (χ0v) is 13.4. The van der Waals surface area contributed by atoms with Crippen molar-refractivity contribution in [2.24, 2.45) is 5.73 Å². The highest BCUT2D eigenvalue weighted by Crippen LogP contribution is 2.11. The first-order valence-electron chi connectivity index (χ1n) is 7.86. The Morgan fingerprint density at radius 1 is 1.09 bits per heavy atom. The van der Waals surface area contributed by atoms with Gasteiger partial charge in [-0.1, -0.05) is 17.7 Å².